The van der Waals surface area contributed by atoms with Crippen molar-refractivity contribution in [3.05, 3.63) is 0 Å². The summed E-state index contributed by atoms with van der Waals surface area (Å²) in [6.07, 6.45) is -1.47. The Balaban J connectivity index is 2.89. The lowest BCUT2D eigenvalue weighted by Gasteiger charge is -2.31. The van der Waals surface area contributed by atoms with Gasteiger partial charge >= 0.3 is 12.1 Å². The monoisotopic (exact) mass is 289 g/mol. The molecule has 2 atom stereocenters. The number of aliphatic hydroxyl groups is 1. The van der Waals surface area contributed by atoms with Gasteiger partial charge in [0.1, 0.15) is 11.2 Å². The zero-order valence-corrected chi connectivity index (χ0v) is 12.4. The minimum Gasteiger partial charge on any atom is -0.479 e. The first kappa shape index (κ1) is 16.7. The predicted molar refractivity (Wildman–Crippen MR) is 70.4 cm³/mol. The minimum absolute atomic E-state index is 0.0117. The van der Waals surface area contributed by atoms with Crippen molar-refractivity contribution in [3.63, 3.8) is 0 Å². The minimum atomic E-state index is -1.26. The molecule has 1 heterocycles. The molecule has 1 fully saturated rings. The van der Waals surface area contributed by atoms with Crippen LogP contribution < -0.4 is 0 Å². The van der Waals surface area contributed by atoms with Gasteiger partial charge in [0, 0.05) is 0 Å². The third-order valence-electron chi connectivity index (χ3n) is 3.01. The number of carboxylic acid groups (broad SMARTS) is 1. The molecule has 0 bridgehead atoms. The van der Waals surface area contributed by atoms with Gasteiger partial charge in [0.25, 0.3) is 0 Å². The molecule has 0 radical (unpaired) electrons. The molecule has 1 aliphatic heterocycles. The molecule has 1 rings (SSSR count). The maximum absolute atomic E-state index is 12.1. The lowest BCUT2D eigenvalue weighted by atomic mass is 10.0. The number of rotatable bonds is 2. The Morgan fingerprint density at radius 3 is 2.50 bits per heavy atom. The molecule has 0 saturated carbocycles. The van der Waals surface area contributed by atoms with Crippen LogP contribution in [0, 0.1) is 0 Å². The van der Waals surface area contributed by atoms with Crippen molar-refractivity contribution in [3.8, 4) is 0 Å². The third-order valence-corrected chi connectivity index (χ3v) is 3.01. The van der Waals surface area contributed by atoms with E-state index in [4.69, 9.17) is 14.6 Å². The smallest absolute Gasteiger partial charge is 0.410 e. The van der Waals surface area contributed by atoms with E-state index in [9.17, 15) is 14.7 Å². The zero-order valence-electron chi connectivity index (χ0n) is 12.4. The SMILES string of the molecule is CCC1(O)COC(C(=O)O)CN(C(=O)OC(C)(C)C)C1. The summed E-state index contributed by atoms with van der Waals surface area (Å²) < 4.78 is 10.4. The molecule has 7 heteroatoms. The molecule has 0 aromatic rings. The van der Waals surface area contributed by atoms with E-state index < -0.39 is 29.4 Å². The maximum atomic E-state index is 12.1. The molecule has 0 aromatic carbocycles. The Bertz CT molecular complexity index is 378. The fourth-order valence-electron chi connectivity index (χ4n) is 1.80. The predicted octanol–water partition coefficient (Wildman–Crippen LogP) is 0.848. The van der Waals surface area contributed by atoms with Crippen molar-refractivity contribution in [2.75, 3.05) is 19.7 Å². The number of carbonyl (C=O) groups is 2. The Kier molecular flexibility index (Phi) is 4.99. The van der Waals surface area contributed by atoms with E-state index in [2.05, 4.69) is 0 Å². The summed E-state index contributed by atoms with van der Waals surface area (Å²) in [6.45, 7) is 6.63. The molecule has 0 aromatic heterocycles. The zero-order chi connectivity index (χ0) is 15.6. The molecule has 1 saturated heterocycles. The van der Waals surface area contributed by atoms with Gasteiger partial charge in [-0.05, 0) is 27.2 Å². The van der Waals surface area contributed by atoms with Crippen LogP contribution in [0.5, 0.6) is 0 Å². The standard InChI is InChI=1S/C13H23NO6/c1-5-13(18)7-14(11(17)20-12(2,3)4)6-9(10(15)16)19-8-13/h9,18H,5-8H2,1-4H3,(H,15,16). The van der Waals surface area contributed by atoms with Crippen molar-refractivity contribution < 1.29 is 29.3 Å². The summed E-state index contributed by atoms with van der Waals surface area (Å²) in [5.41, 5.74) is -1.95. The van der Waals surface area contributed by atoms with Crippen LogP contribution in [0.2, 0.25) is 0 Å². The second-order valence-electron chi connectivity index (χ2n) is 6.08. The van der Waals surface area contributed by atoms with Crippen LogP contribution in [0.1, 0.15) is 34.1 Å². The highest BCUT2D eigenvalue weighted by atomic mass is 16.6. The van der Waals surface area contributed by atoms with Gasteiger partial charge in [0.2, 0.25) is 0 Å². The van der Waals surface area contributed by atoms with Crippen LogP contribution in [0.3, 0.4) is 0 Å². The van der Waals surface area contributed by atoms with E-state index in [0.29, 0.717) is 6.42 Å². The van der Waals surface area contributed by atoms with Gasteiger partial charge in [-0.1, -0.05) is 6.92 Å². The summed E-state index contributed by atoms with van der Waals surface area (Å²) in [4.78, 5) is 24.4. The van der Waals surface area contributed by atoms with Crippen LogP contribution in [0.25, 0.3) is 0 Å². The summed E-state index contributed by atoms with van der Waals surface area (Å²) in [5, 5.41) is 19.4. The highest BCUT2D eigenvalue weighted by Crippen LogP contribution is 2.21. The number of amides is 1. The Morgan fingerprint density at radius 2 is 2.05 bits per heavy atom. The maximum Gasteiger partial charge on any atom is 0.410 e. The van der Waals surface area contributed by atoms with E-state index in [1.807, 2.05) is 0 Å². The molecule has 116 valence electrons. The molecule has 1 aliphatic rings. The van der Waals surface area contributed by atoms with Gasteiger partial charge in [-0.3, -0.25) is 0 Å². The number of hydrogen-bond acceptors (Lipinski definition) is 5. The third kappa shape index (κ3) is 4.64. The van der Waals surface area contributed by atoms with Crippen molar-refractivity contribution >= 4 is 12.1 Å². The highest BCUT2D eigenvalue weighted by Gasteiger charge is 2.39. The number of hydrogen-bond donors (Lipinski definition) is 2. The number of carboxylic acids is 1. The molecule has 2 N–H and O–H groups in total. The van der Waals surface area contributed by atoms with E-state index >= 15 is 0 Å². The van der Waals surface area contributed by atoms with Crippen LogP contribution >= 0.6 is 0 Å². The quantitative estimate of drug-likeness (QED) is 0.782. The lowest BCUT2D eigenvalue weighted by Crippen LogP contribution is -2.48. The van der Waals surface area contributed by atoms with Crippen LogP contribution in [0.15, 0.2) is 0 Å². The average Bonchev–Trinajstić information content (AvgIpc) is 2.47. The molecular weight excluding hydrogens is 266 g/mol. The second-order valence-corrected chi connectivity index (χ2v) is 6.08. The van der Waals surface area contributed by atoms with E-state index in [1.54, 1.807) is 27.7 Å². The van der Waals surface area contributed by atoms with Crippen LogP contribution in [-0.2, 0) is 14.3 Å². The first-order chi connectivity index (χ1) is 9.06. The van der Waals surface area contributed by atoms with Crippen LogP contribution in [-0.4, -0.2) is 64.2 Å². The molecular formula is C13H23NO6. The largest absolute Gasteiger partial charge is 0.479 e. The van der Waals surface area contributed by atoms with E-state index in [0.717, 1.165) is 0 Å². The van der Waals surface area contributed by atoms with Gasteiger partial charge in [-0.2, -0.15) is 0 Å². The van der Waals surface area contributed by atoms with E-state index in [-0.39, 0.29) is 19.7 Å². The topological polar surface area (TPSA) is 96.3 Å². The number of carbonyl (C=O) groups excluding carboxylic acids is 1. The molecule has 0 spiro atoms. The summed E-state index contributed by atoms with van der Waals surface area (Å²) >= 11 is 0. The van der Waals surface area contributed by atoms with Gasteiger partial charge in [0.15, 0.2) is 6.10 Å². The summed E-state index contributed by atoms with van der Waals surface area (Å²) in [5.74, 6) is -1.17. The van der Waals surface area contributed by atoms with Crippen molar-refractivity contribution in [1.29, 1.82) is 0 Å². The van der Waals surface area contributed by atoms with Gasteiger partial charge in [-0.15, -0.1) is 0 Å². The first-order valence-electron chi connectivity index (χ1n) is 6.61. The molecule has 2 unspecified atom stereocenters. The number of nitrogens with zero attached hydrogens (tertiary/aromatic N) is 1. The van der Waals surface area contributed by atoms with Crippen molar-refractivity contribution in [2.24, 2.45) is 0 Å². The fourth-order valence-corrected chi connectivity index (χ4v) is 1.80. The summed E-state index contributed by atoms with van der Waals surface area (Å²) in [6, 6.07) is 0. The molecule has 0 aliphatic carbocycles. The van der Waals surface area contributed by atoms with Gasteiger partial charge in [0.05, 0.1) is 19.7 Å². The number of ether oxygens (including phenoxy) is 2. The fraction of sp³-hybridized carbons (Fsp3) is 0.846. The van der Waals surface area contributed by atoms with Crippen molar-refractivity contribution in [1.82, 2.24) is 4.90 Å². The van der Waals surface area contributed by atoms with Gasteiger partial charge in [-0.25, -0.2) is 9.59 Å². The Morgan fingerprint density at radius 1 is 1.45 bits per heavy atom. The second kappa shape index (κ2) is 5.97. The molecule has 1 amide bonds. The highest BCUT2D eigenvalue weighted by molar-refractivity contribution is 5.75. The molecule has 20 heavy (non-hydrogen) atoms. The Labute approximate surface area is 118 Å². The first-order valence-corrected chi connectivity index (χ1v) is 6.61. The molecule has 7 nitrogen and oxygen atoms in total. The number of aliphatic carboxylic acids is 1. The average molecular weight is 289 g/mol. The lowest BCUT2D eigenvalue weighted by molar-refractivity contribution is -0.152. The van der Waals surface area contributed by atoms with Crippen LogP contribution in [0.4, 0.5) is 4.79 Å². The normalized spacial score (nSPS) is 27.9. The Hall–Kier alpha value is -1.34. The summed E-state index contributed by atoms with van der Waals surface area (Å²) in [7, 11) is 0. The number of β-amino-alcohol motifs (C(OH)–C–C–N with tert-alkyl or cyclic N) is 1. The van der Waals surface area contributed by atoms with Gasteiger partial charge < -0.3 is 24.6 Å². The van der Waals surface area contributed by atoms with Crippen molar-refractivity contribution in [2.45, 2.75) is 51.4 Å². The van der Waals surface area contributed by atoms with E-state index in [1.165, 1.54) is 4.90 Å².